The smallest absolute Gasteiger partial charge is 0.339 e. The van der Waals surface area contributed by atoms with Gasteiger partial charge in [0.25, 0.3) is 0 Å². The molecular formula is C7H7ClN2O2. The van der Waals surface area contributed by atoms with Crippen LogP contribution in [0.1, 0.15) is 10.4 Å². The zero-order valence-corrected chi connectivity index (χ0v) is 6.88. The summed E-state index contributed by atoms with van der Waals surface area (Å²) < 4.78 is 0. The maximum Gasteiger partial charge on any atom is 0.339 e. The molecule has 0 fully saturated rings. The van der Waals surface area contributed by atoms with E-state index in [-0.39, 0.29) is 11.6 Å². The first kappa shape index (κ1) is 8.80. The molecule has 0 aromatic carbocycles. The molecule has 5 heteroatoms. The van der Waals surface area contributed by atoms with Crippen molar-refractivity contribution >= 4 is 23.3 Å². The number of anilines is 1. The molecule has 0 amide bonds. The highest BCUT2D eigenvalue weighted by molar-refractivity contribution is 6.19. The molecule has 4 nitrogen and oxygen atoms in total. The Labute approximate surface area is 74.2 Å². The molecule has 0 saturated heterocycles. The minimum atomic E-state index is -1.02. The Morgan fingerprint density at radius 2 is 2.50 bits per heavy atom. The van der Waals surface area contributed by atoms with E-state index in [1.165, 1.54) is 12.4 Å². The lowest BCUT2D eigenvalue weighted by molar-refractivity contribution is 0.0697. The van der Waals surface area contributed by atoms with E-state index in [2.05, 4.69) is 10.3 Å². The van der Waals surface area contributed by atoms with Crippen LogP contribution in [0.4, 0.5) is 5.69 Å². The number of alkyl halides is 1. The van der Waals surface area contributed by atoms with Gasteiger partial charge in [-0.05, 0) is 6.07 Å². The Hall–Kier alpha value is -1.29. The quantitative estimate of drug-likeness (QED) is 0.553. The fourth-order valence-electron chi connectivity index (χ4n) is 0.791. The van der Waals surface area contributed by atoms with E-state index in [0.29, 0.717) is 5.69 Å². The number of rotatable bonds is 3. The Morgan fingerprint density at radius 3 is 3.08 bits per heavy atom. The fraction of sp³-hybridized carbons (Fsp3) is 0.143. The predicted octanol–water partition coefficient (Wildman–Crippen LogP) is 1.39. The van der Waals surface area contributed by atoms with Crippen molar-refractivity contribution in [1.82, 2.24) is 4.98 Å². The number of nitrogens with zero attached hydrogens (tertiary/aromatic N) is 1. The lowest BCUT2D eigenvalue weighted by Crippen LogP contribution is -2.04. The van der Waals surface area contributed by atoms with Gasteiger partial charge in [0.05, 0.1) is 11.7 Å². The monoisotopic (exact) mass is 186 g/mol. The molecule has 1 heterocycles. The molecule has 1 aromatic heterocycles. The van der Waals surface area contributed by atoms with Gasteiger partial charge >= 0.3 is 5.97 Å². The van der Waals surface area contributed by atoms with Gasteiger partial charge in [-0.1, -0.05) is 0 Å². The van der Waals surface area contributed by atoms with E-state index in [9.17, 15) is 4.79 Å². The first-order valence-electron chi connectivity index (χ1n) is 3.23. The van der Waals surface area contributed by atoms with Crippen molar-refractivity contribution in [3.05, 3.63) is 24.0 Å². The number of aromatic nitrogens is 1. The van der Waals surface area contributed by atoms with Gasteiger partial charge in [-0.3, -0.25) is 4.98 Å². The molecule has 0 atom stereocenters. The molecule has 12 heavy (non-hydrogen) atoms. The lowest BCUT2D eigenvalue weighted by atomic mass is 10.2. The van der Waals surface area contributed by atoms with Crippen molar-refractivity contribution in [3.8, 4) is 0 Å². The van der Waals surface area contributed by atoms with Crippen molar-refractivity contribution in [1.29, 1.82) is 0 Å². The zero-order chi connectivity index (χ0) is 8.97. The summed E-state index contributed by atoms with van der Waals surface area (Å²) in [5.74, 6) is -1.02. The SMILES string of the molecule is O=C(O)c1cnccc1NCCl. The van der Waals surface area contributed by atoms with Crippen molar-refractivity contribution in [3.63, 3.8) is 0 Å². The van der Waals surface area contributed by atoms with Crippen molar-refractivity contribution in [2.24, 2.45) is 0 Å². The number of carboxylic acid groups (broad SMARTS) is 1. The van der Waals surface area contributed by atoms with Crippen LogP contribution in [0, 0.1) is 0 Å². The number of carboxylic acids is 1. The second kappa shape index (κ2) is 3.92. The lowest BCUT2D eigenvalue weighted by Gasteiger charge is -2.04. The summed E-state index contributed by atoms with van der Waals surface area (Å²) in [6.07, 6.45) is 2.78. The molecule has 1 rings (SSSR count). The zero-order valence-electron chi connectivity index (χ0n) is 6.12. The van der Waals surface area contributed by atoms with Gasteiger partial charge in [0.2, 0.25) is 0 Å². The average Bonchev–Trinajstić information content (AvgIpc) is 2.05. The van der Waals surface area contributed by atoms with Crippen LogP contribution in [0.15, 0.2) is 18.5 Å². The topological polar surface area (TPSA) is 62.2 Å². The molecule has 64 valence electrons. The summed E-state index contributed by atoms with van der Waals surface area (Å²) in [4.78, 5) is 14.3. The summed E-state index contributed by atoms with van der Waals surface area (Å²) in [7, 11) is 0. The molecular weight excluding hydrogens is 180 g/mol. The third kappa shape index (κ3) is 1.85. The summed E-state index contributed by atoms with van der Waals surface area (Å²) in [6, 6.07) is 1.73. The molecule has 0 saturated carbocycles. The third-order valence-electron chi connectivity index (χ3n) is 1.31. The van der Waals surface area contributed by atoms with Crippen LogP contribution in [0.25, 0.3) is 0 Å². The predicted molar refractivity (Wildman–Crippen MR) is 45.5 cm³/mol. The maximum atomic E-state index is 10.6. The molecule has 0 bridgehead atoms. The first-order chi connectivity index (χ1) is 5.75. The van der Waals surface area contributed by atoms with Gasteiger partial charge in [0.15, 0.2) is 0 Å². The van der Waals surface area contributed by atoms with Gasteiger partial charge in [-0.15, -0.1) is 11.6 Å². The number of hydrogen-bond acceptors (Lipinski definition) is 3. The number of hydrogen-bond donors (Lipinski definition) is 2. The minimum Gasteiger partial charge on any atom is -0.478 e. The Bertz CT molecular complexity index is 290. The van der Waals surface area contributed by atoms with Crippen molar-refractivity contribution in [2.75, 3.05) is 11.3 Å². The molecule has 1 aromatic rings. The highest BCUT2D eigenvalue weighted by Gasteiger charge is 2.07. The van der Waals surface area contributed by atoms with Crippen molar-refractivity contribution in [2.45, 2.75) is 0 Å². The van der Waals surface area contributed by atoms with Crippen LogP contribution in [0.5, 0.6) is 0 Å². The number of halogens is 1. The van der Waals surface area contributed by atoms with Gasteiger partial charge in [0.1, 0.15) is 5.56 Å². The second-order valence-corrected chi connectivity index (χ2v) is 2.30. The van der Waals surface area contributed by atoms with Gasteiger partial charge in [-0.2, -0.15) is 0 Å². The summed E-state index contributed by atoms with van der Waals surface area (Å²) in [5, 5.41) is 11.4. The van der Waals surface area contributed by atoms with Crippen LogP contribution in [0.2, 0.25) is 0 Å². The highest BCUT2D eigenvalue weighted by Crippen LogP contribution is 2.12. The van der Waals surface area contributed by atoms with Gasteiger partial charge < -0.3 is 10.4 Å². The van der Waals surface area contributed by atoms with E-state index in [4.69, 9.17) is 16.7 Å². The Kier molecular flexibility index (Phi) is 2.88. The third-order valence-corrected chi connectivity index (χ3v) is 1.44. The van der Waals surface area contributed by atoms with Crippen LogP contribution in [0.3, 0.4) is 0 Å². The van der Waals surface area contributed by atoms with E-state index < -0.39 is 5.97 Å². The largest absolute Gasteiger partial charge is 0.478 e. The van der Waals surface area contributed by atoms with E-state index in [0.717, 1.165) is 0 Å². The van der Waals surface area contributed by atoms with E-state index >= 15 is 0 Å². The Morgan fingerprint density at radius 1 is 1.75 bits per heavy atom. The minimum absolute atomic E-state index is 0.123. The molecule has 0 radical (unpaired) electrons. The summed E-state index contributed by atoms with van der Waals surface area (Å²) in [5.41, 5.74) is 0.602. The van der Waals surface area contributed by atoms with Crippen LogP contribution in [-0.4, -0.2) is 22.1 Å². The molecule has 0 aliphatic carbocycles. The van der Waals surface area contributed by atoms with E-state index in [1.807, 2.05) is 0 Å². The molecule has 2 N–H and O–H groups in total. The fourth-order valence-corrected chi connectivity index (χ4v) is 0.935. The number of pyridine rings is 1. The maximum absolute atomic E-state index is 10.6. The molecule has 0 aliphatic heterocycles. The normalized spacial score (nSPS) is 9.42. The van der Waals surface area contributed by atoms with Crippen LogP contribution in [-0.2, 0) is 0 Å². The summed E-state index contributed by atoms with van der Waals surface area (Å²) in [6.45, 7) is 0. The highest BCUT2D eigenvalue weighted by atomic mass is 35.5. The van der Waals surface area contributed by atoms with Crippen LogP contribution >= 0.6 is 11.6 Å². The number of aromatic carboxylic acids is 1. The molecule has 0 unspecified atom stereocenters. The van der Waals surface area contributed by atoms with Crippen LogP contribution < -0.4 is 5.32 Å². The number of carbonyl (C=O) groups is 1. The molecule has 0 spiro atoms. The Balaban J connectivity index is 3.00. The second-order valence-electron chi connectivity index (χ2n) is 2.04. The van der Waals surface area contributed by atoms with E-state index in [1.54, 1.807) is 6.07 Å². The standard InChI is InChI=1S/C7H7ClN2O2/c8-4-10-6-1-2-9-3-5(6)7(11)12/h1-3H,4H2,(H,9,10)(H,11,12). The summed E-state index contributed by atoms with van der Waals surface area (Å²) >= 11 is 5.39. The van der Waals surface area contributed by atoms with Gasteiger partial charge in [0, 0.05) is 12.4 Å². The first-order valence-corrected chi connectivity index (χ1v) is 3.76. The van der Waals surface area contributed by atoms with Gasteiger partial charge in [-0.25, -0.2) is 4.79 Å². The molecule has 0 aliphatic rings. The average molecular weight is 187 g/mol. The number of nitrogens with one attached hydrogen (secondary N) is 1. The van der Waals surface area contributed by atoms with Crippen molar-refractivity contribution < 1.29 is 9.90 Å².